The van der Waals surface area contributed by atoms with E-state index in [0.29, 0.717) is 12.3 Å². The summed E-state index contributed by atoms with van der Waals surface area (Å²) in [5, 5.41) is 3.06. The lowest BCUT2D eigenvalue weighted by atomic mass is 9.99. The van der Waals surface area contributed by atoms with Crippen LogP contribution in [0.2, 0.25) is 0 Å². The maximum absolute atomic E-state index is 12.3. The van der Waals surface area contributed by atoms with Gasteiger partial charge in [0.15, 0.2) is 0 Å². The first-order valence-corrected chi connectivity index (χ1v) is 8.78. The highest BCUT2D eigenvalue weighted by atomic mass is 16.2. The van der Waals surface area contributed by atoms with Crippen molar-refractivity contribution in [2.45, 2.75) is 52.4 Å². The molecular formula is C19H26N2O2. The minimum atomic E-state index is 0.147. The van der Waals surface area contributed by atoms with Gasteiger partial charge in [0.1, 0.15) is 0 Å². The molecule has 0 saturated heterocycles. The van der Waals surface area contributed by atoms with Crippen molar-refractivity contribution in [3.63, 3.8) is 0 Å². The quantitative estimate of drug-likeness (QED) is 0.920. The molecule has 1 aliphatic carbocycles. The molecule has 0 unspecified atom stereocenters. The van der Waals surface area contributed by atoms with Gasteiger partial charge in [-0.15, -0.1) is 0 Å². The fourth-order valence-electron chi connectivity index (χ4n) is 3.64. The Morgan fingerprint density at radius 3 is 2.70 bits per heavy atom. The van der Waals surface area contributed by atoms with Gasteiger partial charge in [-0.05, 0) is 48.9 Å². The van der Waals surface area contributed by atoms with E-state index in [1.54, 1.807) is 0 Å². The number of fused-ring (bicyclic) bond motifs is 1. The zero-order chi connectivity index (χ0) is 16.4. The summed E-state index contributed by atoms with van der Waals surface area (Å²) in [6.07, 6.45) is 5.65. The van der Waals surface area contributed by atoms with Crippen LogP contribution < -0.4 is 10.2 Å². The van der Waals surface area contributed by atoms with Gasteiger partial charge in [-0.2, -0.15) is 0 Å². The Balaban J connectivity index is 1.76. The average molecular weight is 314 g/mol. The summed E-state index contributed by atoms with van der Waals surface area (Å²) in [5.41, 5.74) is 3.03. The van der Waals surface area contributed by atoms with Crippen molar-refractivity contribution in [2.75, 3.05) is 16.8 Å². The highest BCUT2D eigenvalue weighted by molar-refractivity contribution is 5.98. The molecule has 124 valence electrons. The number of carbonyl (C=O) groups is 2. The normalized spacial score (nSPS) is 18.4. The Hall–Kier alpha value is -1.84. The molecule has 3 rings (SSSR count). The Morgan fingerprint density at radius 2 is 2.00 bits per heavy atom. The molecule has 1 aliphatic heterocycles. The van der Waals surface area contributed by atoms with Gasteiger partial charge in [-0.3, -0.25) is 9.59 Å². The molecule has 2 aliphatic rings. The van der Waals surface area contributed by atoms with Gasteiger partial charge in [0.2, 0.25) is 11.8 Å². The molecule has 0 spiro atoms. The minimum Gasteiger partial charge on any atom is -0.326 e. The largest absolute Gasteiger partial charge is 0.326 e. The maximum Gasteiger partial charge on any atom is 0.227 e. The second kappa shape index (κ2) is 6.73. The summed E-state index contributed by atoms with van der Waals surface area (Å²) < 4.78 is 0. The monoisotopic (exact) mass is 314 g/mol. The molecule has 1 N–H and O–H groups in total. The third-order valence-electron chi connectivity index (χ3n) is 4.82. The first-order chi connectivity index (χ1) is 11.0. The Morgan fingerprint density at radius 1 is 1.26 bits per heavy atom. The summed E-state index contributed by atoms with van der Waals surface area (Å²) in [5.74, 6) is 0.957. The van der Waals surface area contributed by atoms with Crippen LogP contribution in [-0.4, -0.2) is 18.4 Å². The lowest BCUT2D eigenvalue weighted by molar-refractivity contribution is -0.120. The van der Waals surface area contributed by atoms with E-state index < -0.39 is 0 Å². The molecular weight excluding hydrogens is 288 g/mol. The number of anilines is 2. The van der Waals surface area contributed by atoms with E-state index in [4.69, 9.17) is 0 Å². The SMILES string of the molecule is CC(C)CN1C(=O)CCc2cc(NC(=O)C3CCCC3)ccc21. The van der Waals surface area contributed by atoms with Gasteiger partial charge in [-0.1, -0.05) is 26.7 Å². The van der Waals surface area contributed by atoms with Crippen molar-refractivity contribution in [1.29, 1.82) is 0 Å². The van der Waals surface area contributed by atoms with Crippen LogP contribution in [0.1, 0.15) is 51.5 Å². The highest BCUT2D eigenvalue weighted by Crippen LogP contribution is 2.32. The molecule has 1 saturated carbocycles. The minimum absolute atomic E-state index is 0.147. The first kappa shape index (κ1) is 16.0. The fraction of sp³-hybridized carbons (Fsp3) is 0.579. The molecule has 0 bridgehead atoms. The van der Waals surface area contributed by atoms with Crippen LogP contribution in [0, 0.1) is 11.8 Å². The molecule has 0 radical (unpaired) electrons. The molecule has 0 atom stereocenters. The number of hydrogen-bond acceptors (Lipinski definition) is 2. The molecule has 4 heteroatoms. The van der Waals surface area contributed by atoms with Gasteiger partial charge in [-0.25, -0.2) is 0 Å². The zero-order valence-electron chi connectivity index (χ0n) is 14.1. The molecule has 1 fully saturated rings. The smallest absolute Gasteiger partial charge is 0.227 e. The van der Waals surface area contributed by atoms with Gasteiger partial charge in [0, 0.05) is 30.3 Å². The Kier molecular flexibility index (Phi) is 4.69. The van der Waals surface area contributed by atoms with E-state index in [0.717, 1.165) is 55.6 Å². The van der Waals surface area contributed by atoms with Crippen molar-refractivity contribution < 1.29 is 9.59 Å². The number of aryl methyl sites for hydroxylation is 1. The van der Waals surface area contributed by atoms with Crippen molar-refractivity contribution in [1.82, 2.24) is 0 Å². The lowest BCUT2D eigenvalue weighted by Gasteiger charge is -2.31. The van der Waals surface area contributed by atoms with Gasteiger partial charge >= 0.3 is 0 Å². The number of hydrogen-bond donors (Lipinski definition) is 1. The van der Waals surface area contributed by atoms with E-state index >= 15 is 0 Å². The van der Waals surface area contributed by atoms with Gasteiger partial charge in [0.05, 0.1) is 0 Å². The lowest BCUT2D eigenvalue weighted by Crippen LogP contribution is -2.37. The van der Waals surface area contributed by atoms with Crippen LogP contribution in [-0.2, 0) is 16.0 Å². The molecule has 4 nitrogen and oxygen atoms in total. The third-order valence-corrected chi connectivity index (χ3v) is 4.82. The summed E-state index contributed by atoms with van der Waals surface area (Å²) in [6, 6.07) is 5.96. The highest BCUT2D eigenvalue weighted by Gasteiger charge is 2.26. The van der Waals surface area contributed by atoms with Crippen molar-refractivity contribution in [3.05, 3.63) is 23.8 Å². The van der Waals surface area contributed by atoms with E-state index in [-0.39, 0.29) is 17.7 Å². The number of benzene rings is 1. The van der Waals surface area contributed by atoms with Crippen LogP contribution in [0.25, 0.3) is 0 Å². The van der Waals surface area contributed by atoms with Crippen LogP contribution >= 0.6 is 0 Å². The van der Waals surface area contributed by atoms with Crippen LogP contribution in [0.5, 0.6) is 0 Å². The number of nitrogens with one attached hydrogen (secondary N) is 1. The average Bonchev–Trinajstić information content (AvgIpc) is 3.04. The summed E-state index contributed by atoms with van der Waals surface area (Å²) >= 11 is 0. The number of amides is 2. The second-order valence-electron chi connectivity index (χ2n) is 7.21. The molecule has 2 amide bonds. The summed E-state index contributed by atoms with van der Waals surface area (Å²) in [6.45, 7) is 5.00. The Labute approximate surface area is 138 Å². The van der Waals surface area contributed by atoms with Gasteiger partial charge < -0.3 is 10.2 Å². The van der Waals surface area contributed by atoms with Crippen LogP contribution in [0.3, 0.4) is 0 Å². The standard InChI is InChI=1S/C19H26N2O2/c1-13(2)12-21-17-9-8-16(11-15(17)7-10-18(21)22)20-19(23)14-5-3-4-6-14/h8-9,11,13-14H,3-7,10,12H2,1-2H3,(H,20,23). The van der Waals surface area contributed by atoms with Gasteiger partial charge in [0.25, 0.3) is 0 Å². The molecule has 1 aromatic rings. The zero-order valence-corrected chi connectivity index (χ0v) is 14.1. The summed E-state index contributed by atoms with van der Waals surface area (Å²) in [4.78, 5) is 26.3. The fourth-order valence-corrected chi connectivity index (χ4v) is 3.64. The first-order valence-electron chi connectivity index (χ1n) is 8.78. The summed E-state index contributed by atoms with van der Waals surface area (Å²) in [7, 11) is 0. The predicted molar refractivity (Wildman–Crippen MR) is 92.5 cm³/mol. The number of carbonyl (C=O) groups excluding carboxylic acids is 2. The molecule has 1 heterocycles. The predicted octanol–water partition coefficient (Wildman–Crippen LogP) is 3.75. The van der Waals surface area contributed by atoms with Crippen LogP contribution in [0.15, 0.2) is 18.2 Å². The molecule has 0 aromatic heterocycles. The van der Waals surface area contributed by atoms with Crippen LogP contribution in [0.4, 0.5) is 11.4 Å². The van der Waals surface area contributed by atoms with E-state index in [2.05, 4.69) is 19.2 Å². The van der Waals surface area contributed by atoms with E-state index in [9.17, 15) is 9.59 Å². The maximum atomic E-state index is 12.3. The number of rotatable bonds is 4. The topological polar surface area (TPSA) is 49.4 Å². The molecule has 23 heavy (non-hydrogen) atoms. The molecule has 1 aromatic carbocycles. The van der Waals surface area contributed by atoms with Crippen molar-refractivity contribution >= 4 is 23.2 Å². The van der Waals surface area contributed by atoms with E-state index in [1.165, 1.54) is 0 Å². The Bertz CT molecular complexity index is 603. The van der Waals surface area contributed by atoms with Crippen molar-refractivity contribution in [3.8, 4) is 0 Å². The third kappa shape index (κ3) is 3.57. The second-order valence-corrected chi connectivity index (χ2v) is 7.21. The van der Waals surface area contributed by atoms with E-state index in [1.807, 2.05) is 23.1 Å². The van der Waals surface area contributed by atoms with Crippen molar-refractivity contribution in [2.24, 2.45) is 11.8 Å². The number of nitrogens with zero attached hydrogens (tertiary/aromatic N) is 1.